The molecule has 0 aromatic carbocycles. The first-order chi connectivity index (χ1) is 7.58. The number of amides is 1. The number of nitrogens with one attached hydrogen (secondary N) is 1. The lowest BCUT2D eigenvalue weighted by Crippen LogP contribution is -2.27. The molecule has 0 aliphatic rings. The molecule has 1 atom stereocenters. The molecule has 16 heavy (non-hydrogen) atoms. The third-order valence-corrected chi connectivity index (χ3v) is 2.22. The Labute approximate surface area is 95.7 Å². The summed E-state index contributed by atoms with van der Waals surface area (Å²) in [6.07, 6.45) is 2.26. The molecule has 2 N–H and O–H groups in total. The van der Waals surface area contributed by atoms with Crippen molar-refractivity contribution in [2.75, 3.05) is 6.54 Å². The van der Waals surface area contributed by atoms with Crippen molar-refractivity contribution in [3.63, 3.8) is 0 Å². The monoisotopic (exact) mass is 222 g/mol. The highest BCUT2D eigenvalue weighted by atomic mass is 16.3. The molecule has 0 saturated heterocycles. The van der Waals surface area contributed by atoms with Crippen molar-refractivity contribution in [2.45, 2.75) is 32.8 Å². The van der Waals surface area contributed by atoms with Gasteiger partial charge in [-0.1, -0.05) is 6.07 Å². The van der Waals surface area contributed by atoms with Gasteiger partial charge in [0.05, 0.1) is 12.5 Å². The molecule has 1 amide bonds. The number of carbonyl (C=O) groups is 1. The lowest BCUT2D eigenvalue weighted by molar-refractivity contribution is -0.120. The van der Waals surface area contributed by atoms with E-state index in [0.29, 0.717) is 19.4 Å². The van der Waals surface area contributed by atoms with E-state index in [-0.39, 0.29) is 12.0 Å². The van der Waals surface area contributed by atoms with Crippen molar-refractivity contribution in [3.8, 4) is 0 Å². The van der Waals surface area contributed by atoms with Gasteiger partial charge in [0.1, 0.15) is 0 Å². The highest BCUT2D eigenvalue weighted by Gasteiger charge is 2.03. The summed E-state index contributed by atoms with van der Waals surface area (Å²) < 4.78 is 0. The second-order valence-electron chi connectivity index (χ2n) is 3.97. The quantitative estimate of drug-likeness (QED) is 0.775. The Bertz CT molecular complexity index is 333. The molecule has 4 heteroatoms. The summed E-state index contributed by atoms with van der Waals surface area (Å²) in [6.45, 7) is 4.12. The average Bonchev–Trinajstić information content (AvgIpc) is 2.21. The van der Waals surface area contributed by atoms with Gasteiger partial charge in [-0.3, -0.25) is 9.78 Å². The summed E-state index contributed by atoms with van der Waals surface area (Å²) in [6, 6.07) is 3.79. The summed E-state index contributed by atoms with van der Waals surface area (Å²) in [5, 5.41) is 11.8. The number of nitrogens with zero attached hydrogens (tertiary/aromatic N) is 1. The topological polar surface area (TPSA) is 62.2 Å². The largest absolute Gasteiger partial charge is 0.393 e. The van der Waals surface area contributed by atoms with Crippen molar-refractivity contribution in [1.29, 1.82) is 0 Å². The number of carbonyl (C=O) groups excluding carboxylic acids is 1. The van der Waals surface area contributed by atoms with Crippen molar-refractivity contribution in [3.05, 3.63) is 29.6 Å². The number of rotatable bonds is 5. The van der Waals surface area contributed by atoms with E-state index in [1.54, 1.807) is 13.1 Å². The normalized spacial score (nSPS) is 12.2. The molecule has 0 spiro atoms. The van der Waals surface area contributed by atoms with E-state index in [0.717, 1.165) is 11.3 Å². The van der Waals surface area contributed by atoms with Crippen LogP contribution in [-0.4, -0.2) is 28.6 Å². The molecule has 0 aliphatic heterocycles. The van der Waals surface area contributed by atoms with Gasteiger partial charge in [0.15, 0.2) is 0 Å². The Kier molecular flexibility index (Phi) is 4.92. The van der Waals surface area contributed by atoms with Crippen LogP contribution in [0.4, 0.5) is 0 Å². The summed E-state index contributed by atoms with van der Waals surface area (Å²) in [5.74, 6) is -0.0358. The average molecular weight is 222 g/mol. The minimum atomic E-state index is -0.374. The van der Waals surface area contributed by atoms with Gasteiger partial charge >= 0.3 is 0 Å². The van der Waals surface area contributed by atoms with Crippen LogP contribution in [0.1, 0.15) is 24.6 Å². The number of aryl methyl sites for hydroxylation is 1. The van der Waals surface area contributed by atoms with Gasteiger partial charge < -0.3 is 10.4 Å². The first-order valence-corrected chi connectivity index (χ1v) is 5.44. The lowest BCUT2D eigenvalue weighted by atomic mass is 10.2. The second kappa shape index (κ2) is 6.23. The van der Waals surface area contributed by atoms with Crippen LogP contribution in [0.5, 0.6) is 0 Å². The first-order valence-electron chi connectivity index (χ1n) is 5.44. The van der Waals surface area contributed by atoms with Crippen LogP contribution in [0.25, 0.3) is 0 Å². The highest BCUT2D eigenvalue weighted by molar-refractivity contribution is 5.78. The van der Waals surface area contributed by atoms with E-state index < -0.39 is 0 Å². The molecular weight excluding hydrogens is 204 g/mol. The Hall–Kier alpha value is -1.42. The Morgan fingerprint density at radius 3 is 2.88 bits per heavy atom. The fourth-order valence-electron chi connectivity index (χ4n) is 1.27. The molecule has 0 radical (unpaired) electrons. The molecule has 0 aliphatic carbocycles. The molecule has 1 rings (SSSR count). The Morgan fingerprint density at radius 1 is 1.56 bits per heavy atom. The van der Waals surface area contributed by atoms with Gasteiger partial charge in [0.2, 0.25) is 5.91 Å². The van der Waals surface area contributed by atoms with Crippen LogP contribution in [0, 0.1) is 6.92 Å². The lowest BCUT2D eigenvalue weighted by Gasteiger charge is -2.06. The predicted octanol–water partition coefficient (Wildman–Crippen LogP) is 0.820. The number of hydrogen-bond donors (Lipinski definition) is 2. The SMILES string of the molecule is Cc1ccc(CC(=O)NCCC(C)O)cn1. The van der Waals surface area contributed by atoms with Crippen molar-refractivity contribution >= 4 is 5.91 Å². The van der Waals surface area contributed by atoms with Crippen LogP contribution in [0.15, 0.2) is 18.3 Å². The van der Waals surface area contributed by atoms with E-state index in [1.807, 2.05) is 19.1 Å². The van der Waals surface area contributed by atoms with Crippen LogP contribution >= 0.6 is 0 Å². The number of hydrogen-bond acceptors (Lipinski definition) is 3. The Morgan fingerprint density at radius 2 is 2.31 bits per heavy atom. The number of aliphatic hydroxyl groups excluding tert-OH is 1. The molecular formula is C12H18N2O2. The zero-order chi connectivity index (χ0) is 12.0. The van der Waals surface area contributed by atoms with Crippen molar-refractivity contribution in [1.82, 2.24) is 10.3 Å². The maximum atomic E-state index is 11.5. The molecule has 0 fully saturated rings. The zero-order valence-electron chi connectivity index (χ0n) is 9.73. The summed E-state index contributed by atoms with van der Waals surface area (Å²) in [5.41, 5.74) is 1.85. The molecule has 1 aromatic heterocycles. The smallest absolute Gasteiger partial charge is 0.224 e. The van der Waals surface area contributed by atoms with Crippen molar-refractivity contribution < 1.29 is 9.90 Å². The maximum absolute atomic E-state index is 11.5. The van der Waals surface area contributed by atoms with Crippen LogP contribution in [0.3, 0.4) is 0 Å². The standard InChI is InChI=1S/C12H18N2O2/c1-9-3-4-11(8-14-9)7-12(16)13-6-5-10(2)15/h3-4,8,10,15H,5-7H2,1-2H3,(H,13,16). The summed E-state index contributed by atoms with van der Waals surface area (Å²) in [7, 11) is 0. The molecule has 4 nitrogen and oxygen atoms in total. The minimum absolute atomic E-state index is 0.0358. The van der Waals surface area contributed by atoms with Gasteiger partial charge in [0.25, 0.3) is 0 Å². The number of pyridine rings is 1. The van der Waals surface area contributed by atoms with E-state index >= 15 is 0 Å². The van der Waals surface area contributed by atoms with Gasteiger partial charge in [-0.05, 0) is 31.9 Å². The third-order valence-electron chi connectivity index (χ3n) is 2.22. The molecule has 0 bridgehead atoms. The van der Waals surface area contributed by atoms with Crippen molar-refractivity contribution in [2.24, 2.45) is 0 Å². The summed E-state index contributed by atoms with van der Waals surface area (Å²) >= 11 is 0. The highest BCUT2D eigenvalue weighted by Crippen LogP contribution is 2.00. The van der Waals surface area contributed by atoms with Gasteiger partial charge in [-0.25, -0.2) is 0 Å². The fourth-order valence-corrected chi connectivity index (χ4v) is 1.27. The van der Waals surface area contributed by atoms with Crippen LogP contribution in [0.2, 0.25) is 0 Å². The van der Waals surface area contributed by atoms with E-state index in [4.69, 9.17) is 5.11 Å². The maximum Gasteiger partial charge on any atom is 0.224 e. The first kappa shape index (κ1) is 12.6. The van der Waals surface area contributed by atoms with Gasteiger partial charge in [-0.2, -0.15) is 0 Å². The van der Waals surface area contributed by atoms with E-state index in [2.05, 4.69) is 10.3 Å². The van der Waals surface area contributed by atoms with E-state index in [1.165, 1.54) is 0 Å². The Balaban J connectivity index is 2.31. The summed E-state index contributed by atoms with van der Waals surface area (Å²) in [4.78, 5) is 15.6. The third kappa shape index (κ3) is 4.89. The fraction of sp³-hybridized carbons (Fsp3) is 0.500. The van der Waals surface area contributed by atoms with E-state index in [9.17, 15) is 4.79 Å². The predicted molar refractivity (Wildman–Crippen MR) is 62.0 cm³/mol. The molecule has 1 heterocycles. The van der Waals surface area contributed by atoms with Gasteiger partial charge in [0, 0.05) is 18.4 Å². The zero-order valence-corrected chi connectivity index (χ0v) is 9.73. The molecule has 1 unspecified atom stereocenters. The number of aliphatic hydroxyl groups is 1. The molecule has 88 valence electrons. The van der Waals surface area contributed by atoms with Crippen LogP contribution in [-0.2, 0) is 11.2 Å². The molecule has 1 aromatic rings. The second-order valence-corrected chi connectivity index (χ2v) is 3.97. The molecule has 0 saturated carbocycles. The number of aromatic nitrogens is 1. The van der Waals surface area contributed by atoms with Crippen LogP contribution < -0.4 is 5.32 Å². The van der Waals surface area contributed by atoms with Gasteiger partial charge in [-0.15, -0.1) is 0 Å². The minimum Gasteiger partial charge on any atom is -0.393 e.